The summed E-state index contributed by atoms with van der Waals surface area (Å²) in [6.07, 6.45) is -1.38. The van der Waals surface area contributed by atoms with Gasteiger partial charge >= 0.3 is 0 Å². The van der Waals surface area contributed by atoms with Gasteiger partial charge in [0.05, 0.1) is 4.90 Å². The summed E-state index contributed by atoms with van der Waals surface area (Å²) in [5.41, 5.74) is 3.78. The zero-order valence-electron chi connectivity index (χ0n) is 15.4. The van der Waals surface area contributed by atoms with Crippen LogP contribution in [0, 0.1) is 20.8 Å². The Balaban J connectivity index is 2.24. The number of hydrogen-bond acceptors (Lipinski definition) is 2. The molecule has 0 fully saturated rings. The Morgan fingerprint density at radius 3 is 2.08 bits per heavy atom. The van der Waals surface area contributed by atoms with Gasteiger partial charge < -0.3 is 0 Å². The standard InChI is InChI=1S/C20H26FNO2S/c1-13(2)17-10-15(4)20(16(5)11-17)25(23,24)22-12-19(21)18-9-7-6-8-14(18)3/h6-11,13,19,22H,12H2,1-5H3. The van der Waals surface area contributed by atoms with Crippen LogP contribution in [0.1, 0.15) is 53.8 Å². The fourth-order valence-corrected chi connectivity index (χ4v) is 4.52. The minimum absolute atomic E-state index is 0.244. The fourth-order valence-electron chi connectivity index (χ4n) is 3.04. The molecule has 0 radical (unpaired) electrons. The van der Waals surface area contributed by atoms with Gasteiger partial charge in [0.25, 0.3) is 0 Å². The summed E-state index contributed by atoms with van der Waals surface area (Å²) in [4.78, 5) is 0.244. The molecule has 0 aliphatic rings. The van der Waals surface area contributed by atoms with Gasteiger partial charge in [-0.1, -0.05) is 50.2 Å². The Morgan fingerprint density at radius 2 is 1.56 bits per heavy atom. The predicted octanol–water partition coefficient (Wildman–Crippen LogP) is 4.72. The van der Waals surface area contributed by atoms with Crippen molar-refractivity contribution < 1.29 is 12.8 Å². The van der Waals surface area contributed by atoms with Gasteiger partial charge in [0.1, 0.15) is 6.17 Å². The van der Waals surface area contributed by atoms with E-state index in [-0.39, 0.29) is 11.4 Å². The third-order valence-corrected chi connectivity index (χ3v) is 6.12. The number of rotatable bonds is 6. The second-order valence-corrected chi connectivity index (χ2v) is 8.52. The molecule has 25 heavy (non-hydrogen) atoms. The minimum Gasteiger partial charge on any atom is -0.241 e. The van der Waals surface area contributed by atoms with E-state index in [0.29, 0.717) is 22.6 Å². The first-order valence-electron chi connectivity index (χ1n) is 8.44. The van der Waals surface area contributed by atoms with Crippen molar-refractivity contribution in [3.63, 3.8) is 0 Å². The highest BCUT2D eigenvalue weighted by Crippen LogP contribution is 2.26. The number of alkyl halides is 1. The SMILES string of the molecule is Cc1ccccc1C(F)CNS(=O)(=O)c1c(C)cc(C(C)C)cc1C. The van der Waals surface area contributed by atoms with Crippen LogP contribution in [-0.2, 0) is 10.0 Å². The van der Waals surface area contributed by atoms with Crippen LogP contribution in [0.4, 0.5) is 4.39 Å². The van der Waals surface area contributed by atoms with Gasteiger partial charge in [0, 0.05) is 6.54 Å². The average Bonchev–Trinajstić information content (AvgIpc) is 2.52. The molecule has 1 N–H and O–H groups in total. The molecule has 5 heteroatoms. The number of hydrogen-bond donors (Lipinski definition) is 1. The molecule has 0 aromatic heterocycles. The maximum Gasteiger partial charge on any atom is 0.241 e. The number of aryl methyl sites for hydroxylation is 3. The van der Waals surface area contributed by atoms with E-state index in [9.17, 15) is 12.8 Å². The van der Waals surface area contributed by atoms with E-state index in [2.05, 4.69) is 18.6 Å². The normalized spacial score (nSPS) is 13.2. The molecule has 1 atom stereocenters. The van der Waals surface area contributed by atoms with Crippen molar-refractivity contribution in [3.8, 4) is 0 Å². The maximum atomic E-state index is 14.5. The maximum absolute atomic E-state index is 14.5. The summed E-state index contributed by atoms with van der Waals surface area (Å²) in [5, 5.41) is 0. The summed E-state index contributed by atoms with van der Waals surface area (Å²) in [6.45, 7) is 9.23. The molecule has 0 saturated carbocycles. The largest absolute Gasteiger partial charge is 0.241 e. The Morgan fingerprint density at radius 1 is 1.00 bits per heavy atom. The van der Waals surface area contributed by atoms with Crippen LogP contribution in [0.3, 0.4) is 0 Å². The first kappa shape index (κ1) is 19.6. The number of nitrogens with one attached hydrogen (secondary N) is 1. The summed E-state index contributed by atoms with van der Waals surface area (Å²) in [6, 6.07) is 10.9. The van der Waals surface area contributed by atoms with Crippen molar-refractivity contribution in [1.82, 2.24) is 4.72 Å². The lowest BCUT2D eigenvalue weighted by atomic mass is 9.99. The highest BCUT2D eigenvalue weighted by Gasteiger charge is 2.23. The summed E-state index contributed by atoms with van der Waals surface area (Å²) in [5.74, 6) is 0.318. The van der Waals surface area contributed by atoms with Gasteiger partial charge in [-0.3, -0.25) is 0 Å². The van der Waals surface area contributed by atoms with Crippen molar-refractivity contribution in [1.29, 1.82) is 0 Å². The van der Waals surface area contributed by atoms with E-state index < -0.39 is 16.2 Å². The predicted molar refractivity (Wildman–Crippen MR) is 100 cm³/mol. The molecule has 2 rings (SSSR count). The van der Waals surface area contributed by atoms with Gasteiger partial charge in [-0.2, -0.15) is 0 Å². The van der Waals surface area contributed by atoms with Crippen LogP contribution in [0.25, 0.3) is 0 Å². The fraction of sp³-hybridized carbons (Fsp3) is 0.400. The second kappa shape index (κ2) is 7.67. The van der Waals surface area contributed by atoms with E-state index in [0.717, 1.165) is 11.1 Å². The molecule has 0 bridgehead atoms. The minimum atomic E-state index is -3.77. The lowest BCUT2D eigenvalue weighted by molar-refractivity contribution is 0.342. The average molecular weight is 363 g/mol. The first-order valence-corrected chi connectivity index (χ1v) is 9.92. The van der Waals surface area contributed by atoms with Crippen LogP contribution in [0.15, 0.2) is 41.3 Å². The zero-order chi connectivity index (χ0) is 18.8. The lowest BCUT2D eigenvalue weighted by Gasteiger charge is -2.17. The van der Waals surface area contributed by atoms with Gasteiger partial charge in [-0.05, 0) is 54.5 Å². The summed E-state index contributed by atoms with van der Waals surface area (Å²) in [7, 11) is -3.77. The molecular weight excluding hydrogens is 337 g/mol. The summed E-state index contributed by atoms with van der Waals surface area (Å²) >= 11 is 0. The number of halogens is 1. The molecule has 136 valence electrons. The molecule has 0 amide bonds. The Kier molecular flexibility index (Phi) is 6.01. The van der Waals surface area contributed by atoms with Crippen molar-refractivity contribution in [2.75, 3.05) is 6.54 Å². The van der Waals surface area contributed by atoms with Crippen LogP contribution in [0.2, 0.25) is 0 Å². The van der Waals surface area contributed by atoms with E-state index >= 15 is 0 Å². The Bertz CT molecular complexity index is 837. The van der Waals surface area contributed by atoms with Crippen LogP contribution < -0.4 is 4.72 Å². The third-order valence-electron chi connectivity index (χ3n) is 4.40. The van der Waals surface area contributed by atoms with Crippen LogP contribution in [-0.4, -0.2) is 15.0 Å². The van der Waals surface area contributed by atoms with E-state index in [1.54, 1.807) is 26.0 Å². The van der Waals surface area contributed by atoms with Crippen molar-refractivity contribution in [2.45, 2.75) is 51.6 Å². The molecule has 0 heterocycles. The molecule has 0 aliphatic heterocycles. The van der Waals surface area contributed by atoms with E-state index in [1.807, 2.05) is 31.2 Å². The smallest absolute Gasteiger partial charge is 0.241 e. The van der Waals surface area contributed by atoms with E-state index in [1.165, 1.54) is 0 Å². The number of sulfonamides is 1. The quantitative estimate of drug-likeness (QED) is 0.807. The number of benzene rings is 2. The first-order chi connectivity index (χ1) is 11.6. The summed E-state index contributed by atoms with van der Waals surface area (Å²) < 4.78 is 42.3. The van der Waals surface area contributed by atoms with Gasteiger partial charge in [-0.25, -0.2) is 17.5 Å². The highest BCUT2D eigenvalue weighted by atomic mass is 32.2. The van der Waals surface area contributed by atoms with E-state index in [4.69, 9.17) is 0 Å². The second-order valence-electron chi connectivity index (χ2n) is 6.81. The molecule has 1 unspecified atom stereocenters. The molecule has 2 aromatic carbocycles. The van der Waals surface area contributed by atoms with Crippen molar-refractivity contribution >= 4 is 10.0 Å². The van der Waals surface area contributed by atoms with Gasteiger partial charge in [-0.15, -0.1) is 0 Å². The Labute approximate surface area is 150 Å². The van der Waals surface area contributed by atoms with Crippen molar-refractivity contribution in [3.05, 3.63) is 64.2 Å². The Hall–Kier alpha value is -1.72. The molecule has 0 spiro atoms. The molecule has 2 aromatic rings. The molecule has 0 saturated heterocycles. The third kappa shape index (κ3) is 4.47. The monoisotopic (exact) mass is 363 g/mol. The molecule has 3 nitrogen and oxygen atoms in total. The highest BCUT2D eigenvalue weighted by molar-refractivity contribution is 7.89. The zero-order valence-corrected chi connectivity index (χ0v) is 16.2. The van der Waals surface area contributed by atoms with Crippen LogP contribution >= 0.6 is 0 Å². The lowest BCUT2D eigenvalue weighted by Crippen LogP contribution is -2.29. The molecule has 0 aliphatic carbocycles. The van der Waals surface area contributed by atoms with Crippen LogP contribution in [0.5, 0.6) is 0 Å². The van der Waals surface area contributed by atoms with Gasteiger partial charge in [0.15, 0.2) is 0 Å². The molecular formula is C20H26FNO2S. The topological polar surface area (TPSA) is 46.2 Å². The van der Waals surface area contributed by atoms with Crippen molar-refractivity contribution in [2.24, 2.45) is 0 Å². The van der Waals surface area contributed by atoms with Gasteiger partial charge in [0.2, 0.25) is 10.0 Å².